The van der Waals surface area contributed by atoms with Crippen LogP contribution < -0.4 is 5.32 Å². The number of hydrogen-bond donors (Lipinski definition) is 1. The molecule has 0 unspecified atom stereocenters. The monoisotopic (exact) mass is 274 g/mol. The SMILES string of the molecule is Cc1ccc(C)c([C@@H](C)NC(=O)C2CCN(C)CC2)c1. The van der Waals surface area contributed by atoms with Crippen LogP contribution in [0.3, 0.4) is 0 Å². The van der Waals surface area contributed by atoms with Crippen molar-refractivity contribution in [2.75, 3.05) is 20.1 Å². The van der Waals surface area contributed by atoms with E-state index in [1.54, 1.807) is 0 Å². The van der Waals surface area contributed by atoms with E-state index in [2.05, 4.69) is 56.2 Å². The fourth-order valence-electron chi connectivity index (χ4n) is 2.91. The normalized spacial score (nSPS) is 18.8. The van der Waals surface area contributed by atoms with Crippen molar-refractivity contribution in [1.82, 2.24) is 10.2 Å². The minimum Gasteiger partial charge on any atom is -0.349 e. The topological polar surface area (TPSA) is 32.3 Å². The van der Waals surface area contributed by atoms with Gasteiger partial charge in [-0.1, -0.05) is 23.8 Å². The first-order valence-electron chi connectivity index (χ1n) is 7.53. The highest BCUT2D eigenvalue weighted by molar-refractivity contribution is 5.79. The lowest BCUT2D eigenvalue weighted by Gasteiger charge is -2.29. The Hall–Kier alpha value is -1.35. The lowest BCUT2D eigenvalue weighted by atomic mass is 9.94. The lowest BCUT2D eigenvalue weighted by molar-refractivity contribution is -0.127. The number of rotatable bonds is 3. The molecule has 3 heteroatoms. The molecule has 0 aromatic heterocycles. The third-order valence-electron chi connectivity index (χ3n) is 4.35. The van der Waals surface area contributed by atoms with Gasteiger partial charge in [0.15, 0.2) is 0 Å². The average Bonchev–Trinajstić information content (AvgIpc) is 2.42. The summed E-state index contributed by atoms with van der Waals surface area (Å²) in [5.41, 5.74) is 3.71. The van der Waals surface area contributed by atoms with E-state index >= 15 is 0 Å². The molecule has 1 aliphatic rings. The van der Waals surface area contributed by atoms with Crippen molar-refractivity contribution in [1.29, 1.82) is 0 Å². The summed E-state index contributed by atoms with van der Waals surface area (Å²) < 4.78 is 0. The second kappa shape index (κ2) is 6.40. The molecule has 0 bridgehead atoms. The minimum absolute atomic E-state index is 0.0852. The molecule has 1 amide bonds. The fraction of sp³-hybridized carbons (Fsp3) is 0.588. The fourth-order valence-corrected chi connectivity index (χ4v) is 2.91. The lowest BCUT2D eigenvalue weighted by Crippen LogP contribution is -2.39. The maximum Gasteiger partial charge on any atom is 0.223 e. The number of likely N-dealkylation sites (tertiary alicyclic amines) is 1. The van der Waals surface area contributed by atoms with Gasteiger partial charge in [-0.3, -0.25) is 4.79 Å². The molecule has 0 saturated carbocycles. The zero-order valence-corrected chi connectivity index (χ0v) is 13.1. The molecule has 3 nitrogen and oxygen atoms in total. The summed E-state index contributed by atoms with van der Waals surface area (Å²) in [6, 6.07) is 6.50. The number of benzene rings is 1. The molecule has 1 saturated heterocycles. The number of carbonyl (C=O) groups excluding carboxylic acids is 1. The molecule has 1 heterocycles. The van der Waals surface area contributed by atoms with Crippen molar-refractivity contribution in [3.8, 4) is 0 Å². The Kier molecular flexibility index (Phi) is 4.81. The van der Waals surface area contributed by atoms with E-state index in [1.165, 1.54) is 16.7 Å². The summed E-state index contributed by atoms with van der Waals surface area (Å²) >= 11 is 0. The zero-order valence-electron chi connectivity index (χ0n) is 13.1. The molecule has 1 aliphatic heterocycles. The van der Waals surface area contributed by atoms with Crippen LogP contribution in [0.2, 0.25) is 0 Å². The third-order valence-corrected chi connectivity index (χ3v) is 4.35. The van der Waals surface area contributed by atoms with Crippen LogP contribution in [0, 0.1) is 19.8 Å². The predicted molar refractivity (Wildman–Crippen MR) is 82.7 cm³/mol. The molecule has 1 fully saturated rings. The summed E-state index contributed by atoms with van der Waals surface area (Å²) in [7, 11) is 2.12. The largest absolute Gasteiger partial charge is 0.349 e. The quantitative estimate of drug-likeness (QED) is 0.919. The number of nitrogens with zero attached hydrogens (tertiary/aromatic N) is 1. The van der Waals surface area contributed by atoms with Crippen molar-refractivity contribution in [3.63, 3.8) is 0 Å². The number of aryl methyl sites for hydroxylation is 2. The molecular weight excluding hydrogens is 248 g/mol. The van der Waals surface area contributed by atoms with Crippen molar-refractivity contribution in [2.45, 2.75) is 39.7 Å². The Morgan fingerprint density at radius 3 is 2.60 bits per heavy atom. The van der Waals surface area contributed by atoms with Gasteiger partial charge in [0.05, 0.1) is 6.04 Å². The van der Waals surface area contributed by atoms with Gasteiger partial charge in [-0.15, -0.1) is 0 Å². The molecule has 0 radical (unpaired) electrons. The van der Waals surface area contributed by atoms with Gasteiger partial charge in [0.25, 0.3) is 0 Å². The first-order valence-corrected chi connectivity index (χ1v) is 7.53. The molecule has 1 N–H and O–H groups in total. The van der Waals surface area contributed by atoms with E-state index in [-0.39, 0.29) is 17.9 Å². The molecular formula is C17H26N2O. The molecule has 0 aliphatic carbocycles. The van der Waals surface area contributed by atoms with Crippen molar-refractivity contribution in [3.05, 3.63) is 34.9 Å². The molecule has 1 atom stereocenters. The Bertz CT molecular complexity index is 476. The standard InChI is InChI=1S/C17H26N2O/c1-12-5-6-13(2)16(11-12)14(3)18-17(20)15-7-9-19(4)10-8-15/h5-6,11,14-15H,7-10H2,1-4H3,(H,18,20)/t14-/m1/s1. The summed E-state index contributed by atoms with van der Waals surface area (Å²) in [6.07, 6.45) is 1.95. The van der Waals surface area contributed by atoms with Crippen LogP contribution in [-0.4, -0.2) is 30.9 Å². The van der Waals surface area contributed by atoms with E-state index in [0.29, 0.717) is 0 Å². The number of carbonyl (C=O) groups is 1. The molecule has 1 aromatic rings. The number of amides is 1. The van der Waals surface area contributed by atoms with E-state index < -0.39 is 0 Å². The maximum absolute atomic E-state index is 12.4. The smallest absolute Gasteiger partial charge is 0.223 e. The summed E-state index contributed by atoms with van der Waals surface area (Å²) in [6.45, 7) is 8.32. The van der Waals surface area contributed by atoms with E-state index in [1.807, 2.05) is 0 Å². The first-order chi connectivity index (χ1) is 9.47. The predicted octanol–water partition coefficient (Wildman–Crippen LogP) is 2.82. The van der Waals surface area contributed by atoms with Gasteiger partial charge in [0.2, 0.25) is 5.91 Å². The number of nitrogens with one attached hydrogen (secondary N) is 1. The van der Waals surface area contributed by atoms with Crippen molar-refractivity contribution >= 4 is 5.91 Å². The molecule has 0 spiro atoms. The van der Waals surface area contributed by atoms with Crippen LogP contribution in [-0.2, 0) is 4.79 Å². The Morgan fingerprint density at radius 2 is 1.95 bits per heavy atom. The summed E-state index contributed by atoms with van der Waals surface area (Å²) in [5, 5.41) is 3.19. The van der Waals surface area contributed by atoms with Gasteiger partial charge < -0.3 is 10.2 Å². The molecule has 2 rings (SSSR count). The number of hydrogen-bond acceptors (Lipinski definition) is 2. The van der Waals surface area contributed by atoms with Gasteiger partial charge >= 0.3 is 0 Å². The van der Waals surface area contributed by atoms with Crippen LogP contribution in [0.4, 0.5) is 0 Å². The van der Waals surface area contributed by atoms with Gasteiger partial charge in [0.1, 0.15) is 0 Å². The zero-order chi connectivity index (χ0) is 14.7. The minimum atomic E-state index is 0.0852. The highest BCUT2D eigenvalue weighted by Crippen LogP contribution is 2.21. The van der Waals surface area contributed by atoms with E-state index in [4.69, 9.17) is 0 Å². The first kappa shape index (κ1) is 15.0. The van der Waals surface area contributed by atoms with Crippen molar-refractivity contribution < 1.29 is 4.79 Å². The van der Waals surface area contributed by atoms with Crippen LogP contribution in [0.1, 0.15) is 42.5 Å². The Labute approximate surface area is 122 Å². The molecule has 110 valence electrons. The summed E-state index contributed by atoms with van der Waals surface area (Å²) in [5.74, 6) is 0.394. The second-order valence-electron chi connectivity index (χ2n) is 6.17. The van der Waals surface area contributed by atoms with Crippen LogP contribution in [0.25, 0.3) is 0 Å². The molecule has 1 aromatic carbocycles. The second-order valence-corrected chi connectivity index (χ2v) is 6.17. The third kappa shape index (κ3) is 3.60. The van der Waals surface area contributed by atoms with Crippen LogP contribution in [0.5, 0.6) is 0 Å². The number of piperidine rings is 1. The van der Waals surface area contributed by atoms with Gasteiger partial charge in [-0.25, -0.2) is 0 Å². The van der Waals surface area contributed by atoms with E-state index in [0.717, 1.165) is 25.9 Å². The van der Waals surface area contributed by atoms with E-state index in [9.17, 15) is 4.79 Å². The van der Waals surface area contributed by atoms with Gasteiger partial charge in [0, 0.05) is 5.92 Å². The van der Waals surface area contributed by atoms with Gasteiger partial charge in [-0.05, 0) is 64.9 Å². The van der Waals surface area contributed by atoms with Crippen LogP contribution >= 0.6 is 0 Å². The van der Waals surface area contributed by atoms with Crippen molar-refractivity contribution in [2.24, 2.45) is 5.92 Å². The van der Waals surface area contributed by atoms with Gasteiger partial charge in [-0.2, -0.15) is 0 Å². The van der Waals surface area contributed by atoms with Crippen LogP contribution in [0.15, 0.2) is 18.2 Å². The highest BCUT2D eigenvalue weighted by Gasteiger charge is 2.24. The highest BCUT2D eigenvalue weighted by atomic mass is 16.1. The Balaban J connectivity index is 1.98. The average molecular weight is 274 g/mol. The maximum atomic E-state index is 12.4. The summed E-state index contributed by atoms with van der Waals surface area (Å²) in [4.78, 5) is 14.6. The Morgan fingerprint density at radius 1 is 1.30 bits per heavy atom. The molecule has 20 heavy (non-hydrogen) atoms.